The number of piperidine rings is 1. The number of anilines is 2. The fourth-order valence-electron chi connectivity index (χ4n) is 9.86. The van der Waals surface area contributed by atoms with Gasteiger partial charge < -0.3 is 19.7 Å². The molecular formula is C48H47ClN10O7S. The zero-order valence-corrected chi connectivity index (χ0v) is 38.6. The molecule has 2 N–H and O–H groups in total. The Bertz CT molecular complexity index is 2890. The lowest BCUT2D eigenvalue weighted by Crippen LogP contribution is -2.67. The molecule has 2 aromatic heterocycles. The molecule has 0 aliphatic carbocycles. The van der Waals surface area contributed by atoms with E-state index in [-0.39, 0.29) is 48.6 Å². The third-order valence-electron chi connectivity index (χ3n) is 13.7. The first kappa shape index (κ1) is 43.3. The van der Waals surface area contributed by atoms with E-state index in [1.54, 1.807) is 23.5 Å². The lowest BCUT2D eigenvalue weighted by atomic mass is 9.99. The van der Waals surface area contributed by atoms with Gasteiger partial charge in [0.15, 0.2) is 5.82 Å². The van der Waals surface area contributed by atoms with E-state index < -0.39 is 35.7 Å². The molecule has 344 valence electrons. The second kappa shape index (κ2) is 17.1. The molecule has 3 atom stereocenters. The van der Waals surface area contributed by atoms with Crippen molar-refractivity contribution in [2.24, 2.45) is 4.99 Å². The minimum atomic E-state index is -0.991. The number of hydrogen-bond acceptors (Lipinski definition) is 14. The predicted molar refractivity (Wildman–Crippen MR) is 249 cm³/mol. The Labute approximate surface area is 394 Å². The lowest BCUT2D eigenvalue weighted by Gasteiger charge is -2.52. The molecule has 17 nitrogen and oxygen atoms in total. The van der Waals surface area contributed by atoms with Gasteiger partial charge in [-0.25, -0.2) is 0 Å². The molecule has 6 aliphatic heterocycles. The Morgan fingerprint density at radius 3 is 2.43 bits per heavy atom. The van der Waals surface area contributed by atoms with Crippen LogP contribution in [0.5, 0.6) is 5.75 Å². The number of rotatable bonds is 10. The highest BCUT2D eigenvalue weighted by atomic mass is 35.5. The van der Waals surface area contributed by atoms with Gasteiger partial charge in [-0.1, -0.05) is 23.7 Å². The quantitative estimate of drug-likeness (QED) is 0.182. The highest BCUT2D eigenvalue weighted by Gasteiger charge is 2.46. The van der Waals surface area contributed by atoms with Crippen LogP contribution in [0.25, 0.3) is 5.00 Å². The molecule has 8 heterocycles. The number of nitrogens with one attached hydrogen (secondary N) is 2. The molecule has 19 heteroatoms. The second-order valence-electron chi connectivity index (χ2n) is 17.9. The topological polar surface area (TPSA) is 184 Å². The Morgan fingerprint density at radius 2 is 1.67 bits per heavy atom. The Balaban J connectivity index is 0.667. The van der Waals surface area contributed by atoms with E-state index in [0.29, 0.717) is 34.9 Å². The van der Waals surface area contributed by atoms with Gasteiger partial charge in [0.25, 0.3) is 11.8 Å². The SMILES string of the molecule is Cc1sc2c(c1C)C(c1ccc(Cl)cc1)=N[C@@H](CC(=O)Nc1ccc(OC3CN([C@@H]4CN(C5CN(c6ccc7c(c6)C(=O)N(C6CCC(=O)NC6=O)C7=O)C5)CCO4)C3)cc1)c1nnc(C)n1-2. The van der Waals surface area contributed by atoms with Crippen LogP contribution in [0.3, 0.4) is 0 Å². The Kier molecular flexibility index (Phi) is 11.0. The van der Waals surface area contributed by atoms with Gasteiger partial charge in [-0.3, -0.25) is 53.5 Å². The fourth-order valence-corrected chi connectivity index (χ4v) is 11.2. The molecule has 0 bridgehead atoms. The summed E-state index contributed by atoms with van der Waals surface area (Å²) in [5.41, 5.74) is 5.89. The number of morpholine rings is 1. The van der Waals surface area contributed by atoms with Crippen molar-refractivity contribution < 1.29 is 33.4 Å². The van der Waals surface area contributed by atoms with Crippen molar-refractivity contribution in [2.75, 3.05) is 56.1 Å². The number of carbonyl (C=O) groups excluding carboxylic acids is 5. The van der Waals surface area contributed by atoms with Gasteiger partial charge in [0.2, 0.25) is 17.7 Å². The number of hydrogen-bond donors (Lipinski definition) is 2. The van der Waals surface area contributed by atoms with Crippen molar-refractivity contribution in [1.29, 1.82) is 0 Å². The zero-order chi connectivity index (χ0) is 46.2. The van der Waals surface area contributed by atoms with Crippen LogP contribution >= 0.6 is 22.9 Å². The smallest absolute Gasteiger partial charge is 0.262 e. The van der Waals surface area contributed by atoms with Crippen LogP contribution in [0.4, 0.5) is 11.4 Å². The number of benzene rings is 3. The van der Waals surface area contributed by atoms with Crippen LogP contribution in [0.1, 0.15) is 79.2 Å². The molecule has 0 radical (unpaired) electrons. The Hall–Kier alpha value is -6.31. The number of thiophene rings is 1. The molecule has 0 saturated carbocycles. The number of nitrogens with zero attached hydrogens (tertiary/aromatic N) is 8. The molecule has 11 rings (SSSR count). The van der Waals surface area contributed by atoms with Gasteiger partial charge in [0.1, 0.15) is 41.0 Å². The first-order chi connectivity index (χ1) is 32.4. The van der Waals surface area contributed by atoms with Crippen LogP contribution in [0.15, 0.2) is 71.7 Å². The predicted octanol–water partition coefficient (Wildman–Crippen LogP) is 4.84. The Morgan fingerprint density at radius 1 is 0.910 bits per heavy atom. The molecule has 4 saturated heterocycles. The number of halogens is 1. The van der Waals surface area contributed by atoms with Gasteiger partial charge >= 0.3 is 0 Å². The van der Waals surface area contributed by atoms with Crippen LogP contribution in [0, 0.1) is 20.8 Å². The summed E-state index contributed by atoms with van der Waals surface area (Å²) in [5, 5.41) is 15.8. The highest BCUT2D eigenvalue weighted by molar-refractivity contribution is 7.15. The number of carbonyl (C=O) groups is 5. The van der Waals surface area contributed by atoms with Crippen molar-refractivity contribution in [3.05, 3.63) is 116 Å². The number of aryl methyl sites for hydroxylation is 2. The number of amides is 5. The summed E-state index contributed by atoms with van der Waals surface area (Å²) in [6.07, 6.45) is 0.206. The number of aromatic nitrogens is 3. The van der Waals surface area contributed by atoms with Gasteiger partial charge in [-0.15, -0.1) is 21.5 Å². The summed E-state index contributed by atoms with van der Waals surface area (Å²) in [5.74, 6) is -0.171. The maximum absolute atomic E-state index is 13.7. The summed E-state index contributed by atoms with van der Waals surface area (Å²) in [6.45, 7) is 11.3. The van der Waals surface area contributed by atoms with E-state index in [4.69, 9.17) is 26.1 Å². The number of ether oxygens (including phenoxy) is 2. The van der Waals surface area contributed by atoms with Gasteiger partial charge in [0.05, 0.1) is 29.9 Å². The summed E-state index contributed by atoms with van der Waals surface area (Å²) in [7, 11) is 0. The number of imide groups is 2. The molecule has 5 amide bonds. The molecule has 3 aromatic carbocycles. The zero-order valence-electron chi connectivity index (χ0n) is 37.0. The normalized spacial score (nSPS) is 22.3. The number of fused-ring (bicyclic) bond motifs is 4. The summed E-state index contributed by atoms with van der Waals surface area (Å²) in [4.78, 5) is 78.7. The average molecular weight is 943 g/mol. The van der Waals surface area contributed by atoms with Crippen molar-refractivity contribution in [3.8, 4) is 10.8 Å². The monoisotopic (exact) mass is 942 g/mol. The van der Waals surface area contributed by atoms with Crippen LogP contribution in [0.2, 0.25) is 5.02 Å². The summed E-state index contributed by atoms with van der Waals surface area (Å²) >= 11 is 7.93. The van der Waals surface area contributed by atoms with E-state index in [1.165, 1.54) is 4.88 Å². The molecule has 0 spiro atoms. The largest absolute Gasteiger partial charge is 0.488 e. The third-order valence-corrected chi connectivity index (χ3v) is 15.2. The molecule has 4 fully saturated rings. The molecular weight excluding hydrogens is 896 g/mol. The average Bonchev–Trinajstić information content (AvgIpc) is 3.86. The summed E-state index contributed by atoms with van der Waals surface area (Å²) < 4.78 is 14.6. The van der Waals surface area contributed by atoms with Gasteiger partial charge in [0, 0.05) is 84.1 Å². The second-order valence-corrected chi connectivity index (χ2v) is 19.6. The molecule has 6 aliphatic rings. The van der Waals surface area contributed by atoms with E-state index in [9.17, 15) is 24.0 Å². The van der Waals surface area contributed by atoms with Crippen molar-refractivity contribution >= 4 is 69.6 Å². The minimum Gasteiger partial charge on any atom is -0.488 e. The van der Waals surface area contributed by atoms with Gasteiger partial charge in [-0.2, -0.15) is 0 Å². The summed E-state index contributed by atoms with van der Waals surface area (Å²) in [6, 6.07) is 19.0. The maximum atomic E-state index is 13.7. The first-order valence-electron chi connectivity index (χ1n) is 22.5. The van der Waals surface area contributed by atoms with Gasteiger partial charge in [-0.05, 0) is 87.4 Å². The van der Waals surface area contributed by atoms with Crippen molar-refractivity contribution in [2.45, 2.75) is 70.5 Å². The third kappa shape index (κ3) is 7.89. The number of aliphatic imine (C=N–C) groups is 1. The van der Waals surface area contributed by atoms with Crippen LogP contribution in [-0.2, 0) is 19.1 Å². The van der Waals surface area contributed by atoms with Crippen LogP contribution < -0.4 is 20.3 Å². The van der Waals surface area contributed by atoms with Crippen LogP contribution in [-0.4, -0.2) is 135 Å². The highest BCUT2D eigenvalue weighted by Crippen LogP contribution is 2.40. The number of likely N-dealkylation sites (tertiary alicyclic amines) is 1. The maximum Gasteiger partial charge on any atom is 0.262 e. The van der Waals surface area contributed by atoms with E-state index in [0.717, 1.165) is 83.1 Å². The minimum absolute atomic E-state index is 0.00154. The van der Waals surface area contributed by atoms with Crippen molar-refractivity contribution in [3.63, 3.8) is 0 Å². The van der Waals surface area contributed by atoms with E-state index in [1.807, 2.05) is 66.1 Å². The first-order valence-corrected chi connectivity index (χ1v) is 23.7. The van der Waals surface area contributed by atoms with E-state index >= 15 is 0 Å². The fraction of sp³-hybridized carbons (Fsp3) is 0.375. The molecule has 1 unspecified atom stereocenters. The molecule has 5 aromatic rings. The standard InChI is InChI=1S/C48H47ClN10O7S/c1-25-26(2)67-48-42(25)43(28-4-6-29(49)7-5-28)51-37(44-54-53-27(3)58(44)48)19-40(61)50-30-8-11-33(12-9-30)66-34-22-57(23-34)41-24-55(16-17-65-41)32-20-56(21-32)31-10-13-35-36(18-31)47(64)59(46(35)63)38-14-15-39(60)52-45(38)62/h4-13,18,32,34,37-38,41H,14-17,19-24H2,1-3H3,(H,50,61)(H,52,60,62)/t37-,38?,41-/m0/s1. The lowest BCUT2D eigenvalue weighted by molar-refractivity contribution is -0.162. The van der Waals surface area contributed by atoms with E-state index in [2.05, 4.69) is 49.4 Å². The van der Waals surface area contributed by atoms with Crippen molar-refractivity contribution in [1.82, 2.24) is 34.8 Å². The molecule has 67 heavy (non-hydrogen) atoms.